The van der Waals surface area contributed by atoms with Crippen LogP contribution in [0.3, 0.4) is 0 Å². The second-order valence-corrected chi connectivity index (χ2v) is 7.64. The minimum Gasteiger partial charge on any atom is -0.445 e. The molecule has 0 aliphatic carbocycles. The first-order chi connectivity index (χ1) is 16.4. The Bertz CT molecular complexity index is 966. The number of nitrogens with one attached hydrogen (secondary N) is 1. The molecule has 0 bridgehead atoms. The zero-order valence-corrected chi connectivity index (χ0v) is 18.6. The van der Waals surface area contributed by atoms with Crippen LogP contribution >= 0.6 is 0 Å². The van der Waals surface area contributed by atoms with E-state index in [-0.39, 0.29) is 43.3 Å². The molecule has 0 aromatic heterocycles. The third-order valence-electron chi connectivity index (χ3n) is 5.30. The number of ether oxygens (including phenoxy) is 2. The number of carbonyl (C=O) groups excluding carboxylic acids is 3. The van der Waals surface area contributed by atoms with Crippen LogP contribution in [0.15, 0.2) is 54.6 Å². The standard InChI is InChI=1S/C24H27F2N3O5/c25-23(26)34-20-10-5-4-9-19(20)22(31)29-15-13-28(14-16-29)21(30)11-6-12-27-24(32)33-17-18-7-2-1-3-8-18/h1-5,7-10,23H,6,11-17H2,(H,27,32). The van der Waals surface area contributed by atoms with Crippen LogP contribution in [-0.2, 0) is 16.1 Å². The molecule has 0 spiro atoms. The maximum absolute atomic E-state index is 12.7. The Morgan fingerprint density at radius 1 is 0.912 bits per heavy atom. The molecule has 2 aromatic rings. The van der Waals surface area contributed by atoms with Gasteiger partial charge in [-0.15, -0.1) is 0 Å². The van der Waals surface area contributed by atoms with Crippen LogP contribution in [0.1, 0.15) is 28.8 Å². The minimum absolute atomic E-state index is 0.0628. The predicted molar refractivity (Wildman–Crippen MR) is 119 cm³/mol. The number of nitrogens with zero attached hydrogens (tertiary/aromatic N) is 2. The lowest BCUT2D eigenvalue weighted by atomic mass is 10.1. The highest BCUT2D eigenvalue weighted by Gasteiger charge is 2.26. The molecular weight excluding hydrogens is 448 g/mol. The average Bonchev–Trinajstić information content (AvgIpc) is 2.85. The van der Waals surface area contributed by atoms with Gasteiger partial charge in [-0.1, -0.05) is 42.5 Å². The number of rotatable bonds is 9. The minimum atomic E-state index is -3.02. The highest BCUT2D eigenvalue weighted by molar-refractivity contribution is 5.97. The van der Waals surface area contributed by atoms with Gasteiger partial charge >= 0.3 is 12.7 Å². The van der Waals surface area contributed by atoms with E-state index < -0.39 is 18.6 Å². The van der Waals surface area contributed by atoms with Gasteiger partial charge in [0, 0.05) is 39.1 Å². The number of amides is 3. The molecule has 1 fully saturated rings. The molecule has 34 heavy (non-hydrogen) atoms. The van der Waals surface area contributed by atoms with Crippen molar-refractivity contribution in [1.82, 2.24) is 15.1 Å². The normalized spacial score (nSPS) is 13.5. The van der Waals surface area contributed by atoms with Crippen molar-refractivity contribution in [3.05, 3.63) is 65.7 Å². The number of alkyl carbamates (subject to hydrolysis) is 1. The molecule has 0 unspecified atom stereocenters. The summed E-state index contributed by atoms with van der Waals surface area (Å²) in [5.74, 6) is -0.662. The monoisotopic (exact) mass is 475 g/mol. The van der Waals surface area contributed by atoms with E-state index in [1.165, 1.54) is 23.1 Å². The summed E-state index contributed by atoms with van der Waals surface area (Å²) in [5.41, 5.74) is 0.947. The van der Waals surface area contributed by atoms with Crippen LogP contribution in [0.4, 0.5) is 13.6 Å². The third kappa shape index (κ3) is 7.43. The summed E-state index contributed by atoms with van der Waals surface area (Å²) in [6.45, 7) is -1.28. The Hall–Kier alpha value is -3.69. The fourth-order valence-electron chi connectivity index (χ4n) is 3.53. The molecule has 2 aromatic carbocycles. The van der Waals surface area contributed by atoms with Crippen molar-refractivity contribution in [2.24, 2.45) is 0 Å². The Labute approximate surface area is 196 Å². The Morgan fingerprint density at radius 3 is 2.26 bits per heavy atom. The van der Waals surface area contributed by atoms with Gasteiger partial charge in [0.2, 0.25) is 5.91 Å². The molecule has 0 saturated carbocycles. The van der Waals surface area contributed by atoms with Gasteiger partial charge in [-0.25, -0.2) is 4.79 Å². The number of alkyl halides is 2. The van der Waals surface area contributed by atoms with Crippen LogP contribution in [-0.4, -0.2) is 67.0 Å². The van der Waals surface area contributed by atoms with Crippen LogP contribution in [0.2, 0.25) is 0 Å². The van der Waals surface area contributed by atoms with Crippen molar-refractivity contribution in [3.8, 4) is 5.75 Å². The van der Waals surface area contributed by atoms with E-state index in [0.29, 0.717) is 26.1 Å². The molecule has 1 N–H and O–H groups in total. The van der Waals surface area contributed by atoms with Gasteiger partial charge < -0.3 is 24.6 Å². The molecule has 1 heterocycles. The van der Waals surface area contributed by atoms with Crippen molar-refractivity contribution in [1.29, 1.82) is 0 Å². The third-order valence-corrected chi connectivity index (χ3v) is 5.30. The topological polar surface area (TPSA) is 88.2 Å². The van der Waals surface area contributed by atoms with Crippen molar-refractivity contribution in [3.63, 3.8) is 0 Å². The van der Waals surface area contributed by atoms with Crippen LogP contribution in [0.25, 0.3) is 0 Å². The summed E-state index contributed by atoms with van der Waals surface area (Å²) < 4.78 is 34.8. The van der Waals surface area contributed by atoms with Crippen molar-refractivity contribution < 1.29 is 32.6 Å². The molecule has 10 heteroatoms. The van der Waals surface area contributed by atoms with Gasteiger partial charge in [-0.05, 0) is 24.1 Å². The molecular formula is C24H27F2N3O5. The lowest BCUT2D eigenvalue weighted by molar-refractivity contribution is -0.132. The predicted octanol–water partition coefficient (Wildman–Crippen LogP) is 3.28. The summed E-state index contributed by atoms with van der Waals surface area (Å²) in [6, 6.07) is 15.2. The van der Waals surface area contributed by atoms with Gasteiger partial charge in [-0.2, -0.15) is 8.78 Å². The number of piperazine rings is 1. The zero-order chi connectivity index (χ0) is 24.3. The first kappa shape index (κ1) is 24.9. The van der Waals surface area contributed by atoms with Crippen molar-refractivity contribution in [2.45, 2.75) is 26.1 Å². The summed E-state index contributed by atoms with van der Waals surface area (Å²) in [6.07, 6.45) is 0.161. The highest BCUT2D eigenvalue weighted by atomic mass is 19.3. The quantitative estimate of drug-likeness (QED) is 0.563. The van der Waals surface area contributed by atoms with Gasteiger partial charge in [0.25, 0.3) is 5.91 Å². The van der Waals surface area contributed by atoms with E-state index in [1.54, 1.807) is 11.0 Å². The number of carbonyl (C=O) groups is 3. The molecule has 1 aliphatic rings. The van der Waals surface area contributed by atoms with Gasteiger partial charge in [0.15, 0.2) is 0 Å². The lowest BCUT2D eigenvalue weighted by Crippen LogP contribution is -2.50. The summed E-state index contributed by atoms with van der Waals surface area (Å²) in [7, 11) is 0. The van der Waals surface area contributed by atoms with Crippen molar-refractivity contribution in [2.75, 3.05) is 32.7 Å². The number of benzene rings is 2. The molecule has 1 aliphatic heterocycles. The van der Waals surface area contributed by atoms with E-state index in [9.17, 15) is 23.2 Å². The number of hydrogen-bond donors (Lipinski definition) is 1. The first-order valence-corrected chi connectivity index (χ1v) is 11.0. The Morgan fingerprint density at radius 2 is 1.56 bits per heavy atom. The molecule has 182 valence electrons. The Balaban J connectivity index is 1.35. The molecule has 0 radical (unpaired) electrons. The second kappa shape index (κ2) is 12.5. The van der Waals surface area contributed by atoms with Gasteiger partial charge in [0.1, 0.15) is 12.4 Å². The lowest BCUT2D eigenvalue weighted by Gasteiger charge is -2.35. The fraction of sp³-hybridized carbons (Fsp3) is 0.375. The SMILES string of the molecule is O=C(NCCCC(=O)N1CCN(C(=O)c2ccccc2OC(F)F)CC1)OCc1ccccc1. The van der Waals surface area contributed by atoms with Gasteiger partial charge in [-0.3, -0.25) is 9.59 Å². The number of para-hydroxylation sites is 1. The molecule has 3 rings (SSSR count). The maximum Gasteiger partial charge on any atom is 0.407 e. The van der Waals surface area contributed by atoms with Crippen LogP contribution in [0.5, 0.6) is 5.75 Å². The molecule has 3 amide bonds. The smallest absolute Gasteiger partial charge is 0.407 e. The average molecular weight is 475 g/mol. The van der Waals surface area contributed by atoms with Gasteiger partial charge in [0.05, 0.1) is 5.56 Å². The van der Waals surface area contributed by atoms with Crippen LogP contribution in [0, 0.1) is 0 Å². The largest absolute Gasteiger partial charge is 0.445 e. The fourth-order valence-corrected chi connectivity index (χ4v) is 3.53. The molecule has 8 nitrogen and oxygen atoms in total. The molecule has 1 saturated heterocycles. The van der Waals surface area contributed by atoms with E-state index in [0.717, 1.165) is 5.56 Å². The first-order valence-electron chi connectivity index (χ1n) is 11.0. The van der Waals surface area contributed by atoms with E-state index in [2.05, 4.69) is 10.1 Å². The van der Waals surface area contributed by atoms with E-state index in [4.69, 9.17) is 4.74 Å². The number of hydrogen-bond acceptors (Lipinski definition) is 5. The summed E-state index contributed by atoms with van der Waals surface area (Å²) in [5, 5.41) is 2.62. The van der Waals surface area contributed by atoms with E-state index >= 15 is 0 Å². The second-order valence-electron chi connectivity index (χ2n) is 7.64. The summed E-state index contributed by atoms with van der Waals surface area (Å²) >= 11 is 0. The number of halogens is 2. The zero-order valence-electron chi connectivity index (χ0n) is 18.6. The van der Waals surface area contributed by atoms with Crippen molar-refractivity contribution >= 4 is 17.9 Å². The van der Waals surface area contributed by atoms with Crippen LogP contribution < -0.4 is 10.1 Å². The molecule has 0 atom stereocenters. The Kier molecular flexibility index (Phi) is 9.19. The maximum atomic E-state index is 12.7. The van der Waals surface area contributed by atoms with E-state index in [1.807, 2.05) is 30.3 Å². The summed E-state index contributed by atoms with van der Waals surface area (Å²) in [4.78, 5) is 40.1. The highest BCUT2D eigenvalue weighted by Crippen LogP contribution is 2.22.